The minimum Gasteiger partial charge on any atom is -0.378 e. The highest BCUT2D eigenvalue weighted by atomic mass is 35.5. The predicted octanol–water partition coefficient (Wildman–Crippen LogP) is 5.15. The van der Waals surface area contributed by atoms with Gasteiger partial charge < -0.3 is 16.0 Å². The molecule has 3 rings (SSSR count). The van der Waals surface area contributed by atoms with Crippen molar-refractivity contribution in [2.75, 3.05) is 16.0 Å². The number of halogens is 4. The highest BCUT2D eigenvalue weighted by Gasteiger charge is 2.33. The number of aldehydes is 1. The van der Waals surface area contributed by atoms with Crippen LogP contribution in [-0.2, 0) is 12.7 Å². The first-order chi connectivity index (χ1) is 14.3. The number of nitrogens with one attached hydrogen (secondary N) is 4. The summed E-state index contributed by atoms with van der Waals surface area (Å²) in [5.41, 5.74) is 0.970. The van der Waals surface area contributed by atoms with E-state index in [9.17, 15) is 22.8 Å². The van der Waals surface area contributed by atoms with E-state index in [1.54, 1.807) is 24.3 Å². The Morgan fingerprint density at radius 2 is 1.87 bits per heavy atom. The fourth-order valence-corrected chi connectivity index (χ4v) is 2.82. The number of aromatic nitrogens is 2. The van der Waals surface area contributed by atoms with Crippen molar-refractivity contribution in [1.82, 2.24) is 10.2 Å². The first-order valence-electron chi connectivity index (χ1n) is 8.52. The Kier molecular flexibility index (Phi) is 6.26. The second kappa shape index (κ2) is 8.87. The number of hydrogen-bond donors (Lipinski definition) is 4. The second-order valence-corrected chi connectivity index (χ2v) is 6.55. The summed E-state index contributed by atoms with van der Waals surface area (Å²) in [6, 6.07) is 9.18. The van der Waals surface area contributed by atoms with Crippen molar-refractivity contribution in [1.29, 1.82) is 0 Å². The molecule has 7 nitrogen and oxygen atoms in total. The summed E-state index contributed by atoms with van der Waals surface area (Å²) >= 11 is 5.57. The summed E-state index contributed by atoms with van der Waals surface area (Å²) in [5.74, 6) is 0. The molecule has 3 aromatic rings. The molecule has 156 valence electrons. The number of anilines is 3. The van der Waals surface area contributed by atoms with Gasteiger partial charge in [-0.1, -0.05) is 23.7 Å². The predicted molar refractivity (Wildman–Crippen MR) is 107 cm³/mol. The van der Waals surface area contributed by atoms with E-state index in [0.29, 0.717) is 29.9 Å². The van der Waals surface area contributed by atoms with Gasteiger partial charge in [0.2, 0.25) is 0 Å². The van der Waals surface area contributed by atoms with E-state index in [2.05, 4.69) is 26.1 Å². The number of rotatable bonds is 6. The van der Waals surface area contributed by atoms with E-state index < -0.39 is 22.8 Å². The van der Waals surface area contributed by atoms with Crippen molar-refractivity contribution in [3.8, 4) is 0 Å². The number of carbonyl (C=O) groups excluding carboxylic acids is 2. The quantitative estimate of drug-likeness (QED) is 0.401. The molecule has 0 spiro atoms. The molecule has 30 heavy (non-hydrogen) atoms. The van der Waals surface area contributed by atoms with Crippen LogP contribution in [0.5, 0.6) is 0 Å². The largest absolute Gasteiger partial charge is 0.417 e. The number of H-pyrrole nitrogens is 1. The van der Waals surface area contributed by atoms with E-state index in [1.165, 1.54) is 12.3 Å². The third kappa shape index (κ3) is 5.29. The Balaban J connectivity index is 1.63. The molecule has 2 aromatic carbocycles. The lowest BCUT2D eigenvalue weighted by Gasteiger charge is -2.13. The zero-order chi connectivity index (χ0) is 21.7. The van der Waals surface area contributed by atoms with Gasteiger partial charge in [0.25, 0.3) is 0 Å². The summed E-state index contributed by atoms with van der Waals surface area (Å²) < 4.78 is 38.8. The van der Waals surface area contributed by atoms with Crippen LogP contribution in [0.1, 0.15) is 21.6 Å². The van der Waals surface area contributed by atoms with Crippen molar-refractivity contribution < 1.29 is 22.8 Å². The monoisotopic (exact) mass is 437 g/mol. The number of carbonyl (C=O) groups is 2. The summed E-state index contributed by atoms with van der Waals surface area (Å²) in [6.07, 6.45) is -2.52. The number of urea groups is 1. The summed E-state index contributed by atoms with van der Waals surface area (Å²) in [5, 5.41) is 13.8. The molecule has 1 aromatic heterocycles. The minimum absolute atomic E-state index is 0.0524. The molecule has 0 aliphatic rings. The average Bonchev–Trinajstić information content (AvgIpc) is 3.15. The van der Waals surface area contributed by atoms with E-state index in [0.717, 1.165) is 17.7 Å². The van der Waals surface area contributed by atoms with E-state index in [1.807, 2.05) is 0 Å². The molecule has 0 fully saturated rings. The first-order valence-corrected chi connectivity index (χ1v) is 8.90. The Bertz CT molecular complexity index is 1070. The maximum atomic E-state index is 12.9. The van der Waals surface area contributed by atoms with Gasteiger partial charge in [0.15, 0.2) is 6.29 Å². The molecule has 0 saturated heterocycles. The molecule has 2 amide bonds. The second-order valence-electron chi connectivity index (χ2n) is 6.14. The minimum atomic E-state index is -4.63. The fraction of sp³-hybridized carbons (Fsp3) is 0.105. The van der Waals surface area contributed by atoms with Gasteiger partial charge in [-0.3, -0.25) is 9.89 Å². The molecule has 0 radical (unpaired) electrons. The highest BCUT2D eigenvalue weighted by molar-refractivity contribution is 6.31. The van der Waals surface area contributed by atoms with E-state index in [4.69, 9.17) is 11.6 Å². The maximum absolute atomic E-state index is 12.9. The van der Waals surface area contributed by atoms with Gasteiger partial charge in [0.05, 0.1) is 22.5 Å². The number of hydrogen-bond acceptors (Lipinski definition) is 4. The number of aromatic amines is 1. The van der Waals surface area contributed by atoms with Gasteiger partial charge in [-0.25, -0.2) is 4.79 Å². The first kappa shape index (κ1) is 21.2. The Morgan fingerprint density at radius 3 is 2.57 bits per heavy atom. The normalized spacial score (nSPS) is 11.1. The van der Waals surface area contributed by atoms with Gasteiger partial charge in [0.1, 0.15) is 5.69 Å². The molecular weight excluding hydrogens is 423 g/mol. The van der Waals surface area contributed by atoms with Crippen molar-refractivity contribution in [3.05, 3.63) is 70.5 Å². The number of amides is 2. The van der Waals surface area contributed by atoms with Gasteiger partial charge >= 0.3 is 12.2 Å². The number of nitrogens with zero attached hydrogens (tertiary/aromatic N) is 1. The number of alkyl halides is 3. The van der Waals surface area contributed by atoms with Crippen LogP contribution < -0.4 is 16.0 Å². The molecule has 0 bridgehead atoms. The van der Waals surface area contributed by atoms with Crippen molar-refractivity contribution in [2.24, 2.45) is 0 Å². The van der Waals surface area contributed by atoms with Gasteiger partial charge in [0, 0.05) is 17.9 Å². The van der Waals surface area contributed by atoms with Crippen molar-refractivity contribution >= 4 is 41.0 Å². The zero-order valence-electron chi connectivity index (χ0n) is 15.2. The van der Waals surface area contributed by atoms with Gasteiger partial charge in [-0.15, -0.1) is 0 Å². The summed E-state index contributed by atoms with van der Waals surface area (Å²) in [6.45, 7) is 0.351. The standard InChI is InChI=1S/C19H15ClF3N5O2/c20-15-5-4-13(7-14(15)19(21,22)23)27-18(30)26-12-3-1-2-11(6-12)8-24-16-9-25-28-17(16)10-29/h1-7,9-10,24H,8H2,(H,25,28)(H2,26,27,30). The van der Waals surface area contributed by atoms with Crippen LogP contribution in [-0.4, -0.2) is 22.5 Å². The number of benzene rings is 2. The Morgan fingerprint density at radius 1 is 1.13 bits per heavy atom. The SMILES string of the molecule is O=Cc1[nH]ncc1NCc1cccc(NC(=O)Nc2ccc(Cl)c(C(F)(F)F)c2)c1. The lowest BCUT2D eigenvalue weighted by atomic mass is 10.2. The van der Waals surface area contributed by atoms with Crippen LogP contribution in [0.2, 0.25) is 5.02 Å². The molecule has 1 heterocycles. The molecule has 0 aliphatic heterocycles. The third-order valence-electron chi connectivity index (χ3n) is 3.98. The molecule has 0 unspecified atom stereocenters. The zero-order valence-corrected chi connectivity index (χ0v) is 15.9. The van der Waals surface area contributed by atoms with E-state index >= 15 is 0 Å². The highest BCUT2D eigenvalue weighted by Crippen LogP contribution is 2.36. The van der Waals surface area contributed by atoms with Crippen LogP contribution in [0, 0.1) is 0 Å². The molecule has 0 saturated carbocycles. The average molecular weight is 438 g/mol. The lowest BCUT2D eigenvalue weighted by Crippen LogP contribution is -2.20. The van der Waals surface area contributed by atoms with Crippen molar-refractivity contribution in [3.63, 3.8) is 0 Å². The third-order valence-corrected chi connectivity index (χ3v) is 4.31. The Hall–Kier alpha value is -3.53. The topological polar surface area (TPSA) is 98.9 Å². The van der Waals surface area contributed by atoms with Crippen LogP contribution in [0.25, 0.3) is 0 Å². The molecular formula is C19H15ClF3N5O2. The smallest absolute Gasteiger partial charge is 0.378 e. The molecule has 4 N–H and O–H groups in total. The van der Waals surface area contributed by atoms with Gasteiger partial charge in [-0.05, 0) is 35.9 Å². The van der Waals surface area contributed by atoms with Crippen molar-refractivity contribution in [2.45, 2.75) is 12.7 Å². The van der Waals surface area contributed by atoms with E-state index in [-0.39, 0.29) is 5.69 Å². The van der Waals surface area contributed by atoms with Crippen LogP contribution in [0.3, 0.4) is 0 Å². The summed E-state index contributed by atoms with van der Waals surface area (Å²) in [7, 11) is 0. The van der Waals surface area contributed by atoms with Gasteiger partial charge in [-0.2, -0.15) is 18.3 Å². The van der Waals surface area contributed by atoms with Crippen LogP contribution in [0.15, 0.2) is 48.7 Å². The van der Waals surface area contributed by atoms with Crippen LogP contribution >= 0.6 is 11.6 Å². The maximum Gasteiger partial charge on any atom is 0.417 e. The molecule has 11 heteroatoms. The summed E-state index contributed by atoms with van der Waals surface area (Å²) in [4.78, 5) is 23.0. The molecule has 0 aliphatic carbocycles. The fourth-order valence-electron chi connectivity index (χ4n) is 2.60. The van der Waals surface area contributed by atoms with Crippen LogP contribution in [0.4, 0.5) is 35.0 Å². The Labute approximate surface area is 173 Å². The lowest BCUT2D eigenvalue weighted by molar-refractivity contribution is -0.137. The molecule has 0 atom stereocenters.